The van der Waals surface area contributed by atoms with Crippen LogP contribution >= 0.6 is 11.6 Å². The third-order valence-corrected chi connectivity index (χ3v) is 3.75. The monoisotopic (exact) mass is 295 g/mol. The van der Waals surface area contributed by atoms with Gasteiger partial charge in [-0.2, -0.15) is 4.98 Å². The van der Waals surface area contributed by atoms with Crippen LogP contribution in [0.25, 0.3) is 11.4 Å². The number of halogens is 1. The van der Waals surface area contributed by atoms with Gasteiger partial charge in [0.15, 0.2) is 0 Å². The largest absolute Gasteiger partial charge is 0.496 e. The molecule has 2 aromatic rings. The molecule has 0 fully saturated rings. The lowest BCUT2D eigenvalue weighted by Gasteiger charge is -2.20. The predicted molar refractivity (Wildman–Crippen MR) is 77.7 cm³/mol. The molecule has 6 heteroatoms. The lowest BCUT2D eigenvalue weighted by Crippen LogP contribution is -2.35. The molecule has 0 atom stereocenters. The van der Waals surface area contributed by atoms with E-state index in [2.05, 4.69) is 10.1 Å². The van der Waals surface area contributed by atoms with Gasteiger partial charge in [-0.1, -0.05) is 30.6 Å². The third kappa shape index (κ3) is 2.64. The van der Waals surface area contributed by atoms with Crippen LogP contribution < -0.4 is 10.5 Å². The number of rotatable bonds is 5. The van der Waals surface area contributed by atoms with Gasteiger partial charge in [-0.3, -0.25) is 0 Å². The molecule has 0 amide bonds. The fourth-order valence-corrected chi connectivity index (χ4v) is 2.10. The molecule has 0 saturated heterocycles. The second-order valence-electron chi connectivity index (χ2n) is 4.63. The Morgan fingerprint density at radius 3 is 2.65 bits per heavy atom. The maximum absolute atomic E-state index is 6.26. The molecule has 0 radical (unpaired) electrons. The smallest absolute Gasteiger partial charge is 0.247 e. The number of nitrogens with two attached hydrogens (primary N) is 1. The van der Waals surface area contributed by atoms with Gasteiger partial charge in [0.1, 0.15) is 5.75 Å². The van der Waals surface area contributed by atoms with Crippen molar-refractivity contribution in [1.29, 1.82) is 0 Å². The van der Waals surface area contributed by atoms with Crippen LogP contribution in [0.2, 0.25) is 5.02 Å². The lowest BCUT2D eigenvalue weighted by molar-refractivity contribution is 0.268. The van der Waals surface area contributed by atoms with Gasteiger partial charge in [0.05, 0.1) is 18.2 Å². The molecule has 0 aliphatic carbocycles. The summed E-state index contributed by atoms with van der Waals surface area (Å²) in [5.74, 6) is 1.49. The van der Waals surface area contributed by atoms with Crippen molar-refractivity contribution in [1.82, 2.24) is 10.1 Å². The van der Waals surface area contributed by atoms with Gasteiger partial charge in [-0.05, 0) is 31.0 Å². The van der Waals surface area contributed by atoms with Gasteiger partial charge in [-0.15, -0.1) is 0 Å². The SMILES string of the molecule is CCC(N)(CC)c1nc(-c2ccc(Cl)cc2OC)no1. The van der Waals surface area contributed by atoms with Crippen molar-refractivity contribution in [2.45, 2.75) is 32.2 Å². The van der Waals surface area contributed by atoms with Crippen molar-refractivity contribution in [2.75, 3.05) is 7.11 Å². The number of aromatic nitrogens is 2. The number of hydrogen-bond acceptors (Lipinski definition) is 5. The van der Waals surface area contributed by atoms with Gasteiger partial charge in [0.2, 0.25) is 11.7 Å². The second kappa shape index (κ2) is 5.81. The van der Waals surface area contributed by atoms with E-state index < -0.39 is 5.54 Å². The maximum atomic E-state index is 6.26. The molecule has 2 rings (SSSR count). The number of ether oxygens (including phenoxy) is 1. The van der Waals surface area contributed by atoms with E-state index in [0.717, 1.165) is 18.4 Å². The minimum atomic E-state index is -0.592. The van der Waals surface area contributed by atoms with Crippen molar-refractivity contribution < 1.29 is 9.26 Å². The molecule has 0 saturated carbocycles. The minimum absolute atomic E-state index is 0.439. The first kappa shape index (κ1) is 14.8. The van der Waals surface area contributed by atoms with E-state index >= 15 is 0 Å². The van der Waals surface area contributed by atoms with E-state index in [4.69, 9.17) is 26.6 Å². The Hall–Kier alpha value is -1.59. The lowest BCUT2D eigenvalue weighted by atomic mass is 9.94. The van der Waals surface area contributed by atoms with Crippen LogP contribution in [0.1, 0.15) is 32.6 Å². The molecule has 0 spiro atoms. The highest BCUT2D eigenvalue weighted by Crippen LogP contribution is 2.32. The molecule has 0 bridgehead atoms. The molecule has 0 aliphatic heterocycles. The number of nitrogens with zero attached hydrogens (tertiary/aromatic N) is 2. The molecular formula is C14H18ClN3O2. The quantitative estimate of drug-likeness (QED) is 0.915. The molecule has 1 heterocycles. The zero-order chi connectivity index (χ0) is 14.8. The summed E-state index contributed by atoms with van der Waals surface area (Å²) in [5.41, 5.74) is 6.39. The molecule has 1 aromatic carbocycles. The van der Waals surface area contributed by atoms with Crippen LogP contribution in [0.3, 0.4) is 0 Å². The van der Waals surface area contributed by atoms with Crippen molar-refractivity contribution in [3.63, 3.8) is 0 Å². The predicted octanol–water partition coefficient (Wildman–Crippen LogP) is 3.37. The molecule has 5 nitrogen and oxygen atoms in total. The minimum Gasteiger partial charge on any atom is -0.496 e. The highest BCUT2D eigenvalue weighted by Gasteiger charge is 2.30. The van der Waals surface area contributed by atoms with Gasteiger partial charge >= 0.3 is 0 Å². The van der Waals surface area contributed by atoms with E-state index in [1.54, 1.807) is 25.3 Å². The van der Waals surface area contributed by atoms with E-state index in [1.165, 1.54) is 0 Å². The standard InChI is InChI=1S/C14H18ClN3O2/c1-4-14(16,5-2)13-17-12(18-20-13)10-7-6-9(15)8-11(10)19-3/h6-8H,4-5,16H2,1-3H3. The first-order chi connectivity index (χ1) is 9.54. The van der Waals surface area contributed by atoms with Crippen LogP contribution in [-0.2, 0) is 5.54 Å². The topological polar surface area (TPSA) is 74.2 Å². The fourth-order valence-electron chi connectivity index (χ4n) is 1.94. The zero-order valence-electron chi connectivity index (χ0n) is 11.8. The Bertz CT molecular complexity index is 594. The first-order valence-electron chi connectivity index (χ1n) is 6.51. The second-order valence-corrected chi connectivity index (χ2v) is 5.07. The Morgan fingerprint density at radius 1 is 1.35 bits per heavy atom. The summed E-state index contributed by atoms with van der Waals surface area (Å²) in [5, 5.41) is 4.59. The summed E-state index contributed by atoms with van der Waals surface area (Å²) in [6.07, 6.45) is 1.45. The van der Waals surface area contributed by atoms with E-state index in [-0.39, 0.29) is 0 Å². The maximum Gasteiger partial charge on any atom is 0.247 e. The third-order valence-electron chi connectivity index (χ3n) is 3.52. The van der Waals surface area contributed by atoms with Crippen LogP contribution in [0.15, 0.2) is 22.7 Å². The van der Waals surface area contributed by atoms with Crippen molar-refractivity contribution >= 4 is 11.6 Å². The molecule has 0 aliphatic rings. The van der Waals surface area contributed by atoms with E-state index in [9.17, 15) is 0 Å². The van der Waals surface area contributed by atoms with Crippen molar-refractivity contribution in [3.8, 4) is 17.1 Å². The summed E-state index contributed by atoms with van der Waals surface area (Å²) in [6, 6.07) is 5.26. The van der Waals surface area contributed by atoms with Crippen LogP contribution in [0.4, 0.5) is 0 Å². The number of hydrogen-bond donors (Lipinski definition) is 1. The van der Waals surface area contributed by atoms with Crippen LogP contribution in [-0.4, -0.2) is 17.3 Å². The summed E-state index contributed by atoms with van der Waals surface area (Å²) in [7, 11) is 1.57. The number of benzene rings is 1. The summed E-state index contributed by atoms with van der Waals surface area (Å²) < 4.78 is 10.6. The summed E-state index contributed by atoms with van der Waals surface area (Å²) >= 11 is 5.94. The molecule has 108 valence electrons. The molecule has 2 N–H and O–H groups in total. The molecule has 1 aromatic heterocycles. The van der Waals surface area contributed by atoms with Crippen LogP contribution in [0, 0.1) is 0 Å². The average Bonchev–Trinajstić information content (AvgIpc) is 2.96. The first-order valence-corrected chi connectivity index (χ1v) is 6.88. The highest BCUT2D eigenvalue weighted by atomic mass is 35.5. The van der Waals surface area contributed by atoms with E-state index in [1.807, 2.05) is 13.8 Å². The van der Waals surface area contributed by atoms with E-state index in [0.29, 0.717) is 22.5 Å². The Labute approximate surface area is 123 Å². The number of methoxy groups -OCH3 is 1. The van der Waals surface area contributed by atoms with Crippen molar-refractivity contribution in [2.24, 2.45) is 5.73 Å². The van der Waals surface area contributed by atoms with Crippen molar-refractivity contribution in [3.05, 3.63) is 29.1 Å². The Balaban J connectivity index is 2.43. The molecule has 20 heavy (non-hydrogen) atoms. The molecule has 0 unspecified atom stereocenters. The Kier molecular flexibility index (Phi) is 4.30. The normalized spacial score (nSPS) is 11.7. The van der Waals surface area contributed by atoms with Crippen LogP contribution in [0.5, 0.6) is 5.75 Å². The Morgan fingerprint density at radius 2 is 2.05 bits per heavy atom. The van der Waals surface area contributed by atoms with Gasteiger partial charge in [0, 0.05) is 5.02 Å². The highest BCUT2D eigenvalue weighted by molar-refractivity contribution is 6.30. The zero-order valence-corrected chi connectivity index (χ0v) is 12.6. The average molecular weight is 296 g/mol. The molecular weight excluding hydrogens is 278 g/mol. The summed E-state index contributed by atoms with van der Waals surface area (Å²) in [4.78, 5) is 4.41. The summed E-state index contributed by atoms with van der Waals surface area (Å²) in [6.45, 7) is 3.99. The van der Waals surface area contributed by atoms with Gasteiger partial charge < -0.3 is 15.0 Å². The fraction of sp³-hybridized carbons (Fsp3) is 0.429. The van der Waals surface area contributed by atoms with Gasteiger partial charge in [-0.25, -0.2) is 0 Å². The van der Waals surface area contributed by atoms with Gasteiger partial charge in [0.25, 0.3) is 0 Å².